The van der Waals surface area contributed by atoms with E-state index in [1.807, 2.05) is 19.1 Å². The zero-order valence-electron chi connectivity index (χ0n) is 11.9. The zero-order chi connectivity index (χ0) is 13.7. The maximum Gasteiger partial charge on any atom is 0.338 e. The lowest BCUT2D eigenvalue weighted by atomic mass is 9.88. The fourth-order valence-corrected chi connectivity index (χ4v) is 2.62. The summed E-state index contributed by atoms with van der Waals surface area (Å²) in [6.45, 7) is 4.35. The fraction of sp³-hybridized carbons (Fsp3) is 0.471. The quantitative estimate of drug-likeness (QED) is 0.597. The monoisotopic (exact) mass is 258 g/mol. The summed E-state index contributed by atoms with van der Waals surface area (Å²) in [4.78, 5) is 12.2. The second-order valence-corrected chi connectivity index (χ2v) is 5.13. The third-order valence-electron chi connectivity index (χ3n) is 3.63. The van der Waals surface area contributed by atoms with Gasteiger partial charge < -0.3 is 4.74 Å². The van der Waals surface area contributed by atoms with E-state index in [4.69, 9.17) is 4.74 Å². The maximum absolute atomic E-state index is 12.2. The minimum Gasteiger partial charge on any atom is -0.462 e. The number of ether oxygens (including phenoxy) is 1. The molecule has 0 radical (unpaired) electrons. The molecule has 1 aliphatic carbocycles. The smallest absolute Gasteiger partial charge is 0.338 e. The predicted molar refractivity (Wildman–Crippen MR) is 77.8 cm³/mol. The Bertz CT molecular complexity index is 461. The van der Waals surface area contributed by atoms with Crippen molar-refractivity contribution in [3.63, 3.8) is 0 Å². The Morgan fingerprint density at radius 3 is 2.32 bits per heavy atom. The predicted octanol–water partition coefficient (Wildman–Crippen LogP) is 4.28. The Labute approximate surface area is 115 Å². The molecule has 1 aliphatic rings. The highest BCUT2D eigenvalue weighted by Crippen LogP contribution is 2.31. The molecule has 1 fully saturated rings. The molecule has 0 bridgehead atoms. The van der Waals surface area contributed by atoms with E-state index in [0.717, 1.165) is 24.0 Å². The third kappa shape index (κ3) is 3.46. The topological polar surface area (TPSA) is 26.3 Å². The number of hydrogen-bond donors (Lipinski definition) is 0. The number of rotatable bonds is 3. The third-order valence-corrected chi connectivity index (χ3v) is 3.63. The van der Waals surface area contributed by atoms with Crippen LogP contribution in [-0.4, -0.2) is 12.6 Å². The van der Waals surface area contributed by atoms with Gasteiger partial charge in [-0.2, -0.15) is 0 Å². The van der Waals surface area contributed by atoms with Crippen LogP contribution in [0.4, 0.5) is 0 Å². The fourth-order valence-electron chi connectivity index (χ4n) is 2.62. The van der Waals surface area contributed by atoms with E-state index in [2.05, 4.69) is 19.1 Å². The number of aryl methyl sites for hydroxylation is 1. The molecule has 2 heteroatoms. The van der Waals surface area contributed by atoms with E-state index in [-0.39, 0.29) is 5.97 Å². The Kier molecular flexibility index (Phi) is 4.78. The standard InChI is InChI=1S/C17H22O2/c1-3-19-17(18)16(14-7-5-4-6-8-14)15-11-9-13(2)10-12-15/h9-12H,3-8H2,1-2H3. The van der Waals surface area contributed by atoms with Crippen LogP contribution in [0.25, 0.3) is 5.57 Å². The van der Waals surface area contributed by atoms with Crippen LogP contribution in [0.1, 0.15) is 50.2 Å². The van der Waals surface area contributed by atoms with Crippen LogP contribution < -0.4 is 0 Å². The van der Waals surface area contributed by atoms with Gasteiger partial charge in [0.15, 0.2) is 0 Å². The van der Waals surface area contributed by atoms with Crippen molar-refractivity contribution < 1.29 is 9.53 Å². The molecule has 102 valence electrons. The molecule has 1 saturated carbocycles. The number of allylic oxidation sites excluding steroid dienone is 1. The van der Waals surface area contributed by atoms with E-state index < -0.39 is 0 Å². The lowest BCUT2D eigenvalue weighted by Crippen LogP contribution is -2.11. The van der Waals surface area contributed by atoms with E-state index in [9.17, 15) is 4.79 Å². The van der Waals surface area contributed by atoms with E-state index in [0.29, 0.717) is 6.61 Å². The van der Waals surface area contributed by atoms with Gasteiger partial charge in [0.2, 0.25) is 0 Å². The van der Waals surface area contributed by atoms with Crippen LogP contribution in [0, 0.1) is 6.92 Å². The minimum absolute atomic E-state index is 0.164. The summed E-state index contributed by atoms with van der Waals surface area (Å²) in [7, 11) is 0. The maximum atomic E-state index is 12.2. The SMILES string of the molecule is CCOC(=O)C(=C1CCCCC1)c1ccc(C)cc1. The highest BCUT2D eigenvalue weighted by molar-refractivity contribution is 6.17. The first-order chi connectivity index (χ1) is 9.22. The lowest BCUT2D eigenvalue weighted by Gasteiger charge is -2.19. The molecule has 1 aromatic carbocycles. The van der Waals surface area contributed by atoms with Gasteiger partial charge in [-0.3, -0.25) is 0 Å². The molecule has 0 spiro atoms. The van der Waals surface area contributed by atoms with Crippen LogP contribution in [0.2, 0.25) is 0 Å². The van der Waals surface area contributed by atoms with E-state index >= 15 is 0 Å². The van der Waals surface area contributed by atoms with Crippen molar-refractivity contribution >= 4 is 11.5 Å². The first kappa shape index (κ1) is 13.9. The van der Waals surface area contributed by atoms with Gasteiger partial charge in [-0.15, -0.1) is 0 Å². The van der Waals surface area contributed by atoms with Crippen LogP contribution in [0.15, 0.2) is 29.8 Å². The highest BCUT2D eigenvalue weighted by Gasteiger charge is 2.20. The van der Waals surface area contributed by atoms with Crippen LogP contribution in [0.3, 0.4) is 0 Å². The molecule has 1 aromatic rings. The molecule has 0 saturated heterocycles. The van der Waals surface area contributed by atoms with Crippen LogP contribution in [-0.2, 0) is 9.53 Å². The lowest BCUT2D eigenvalue weighted by molar-refractivity contribution is -0.136. The molecule has 0 aliphatic heterocycles. The first-order valence-corrected chi connectivity index (χ1v) is 7.18. The van der Waals surface area contributed by atoms with Crippen molar-refractivity contribution in [1.29, 1.82) is 0 Å². The Morgan fingerprint density at radius 2 is 1.74 bits per heavy atom. The second kappa shape index (κ2) is 6.55. The van der Waals surface area contributed by atoms with Crippen molar-refractivity contribution in [2.45, 2.75) is 46.0 Å². The van der Waals surface area contributed by atoms with Crippen molar-refractivity contribution in [1.82, 2.24) is 0 Å². The molecule has 2 nitrogen and oxygen atoms in total. The Balaban J connectivity index is 2.38. The van der Waals surface area contributed by atoms with E-state index in [1.165, 1.54) is 30.4 Å². The summed E-state index contributed by atoms with van der Waals surface area (Å²) in [5.41, 5.74) is 4.29. The molecular formula is C17H22O2. The average molecular weight is 258 g/mol. The van der Waals surface area contributed by atoms with Gasteiger partial charge >= 0.3 is 5.97 Å². The molecule has 0 atom stereocenters. The molecule has 0 unspecified atom stereocenters. The van der Waals surface area contributed by atoms with Gasteiger partial charge in [0.05, 0.1) is 12.2 Å². The Hall–Kier alpha value is -1.57. The Morgan fingerprint density at radius 1 is 1.11 bits per heavy atom. The average Bonchev–Trinajstić information content (AvgIpc) is 2.43. The molecule has 0 heterocycles. The van der Waals surface area contributed by atoms with Crippen molar-refractivity contribution in [2.75, 3.05) is 6.61 Å². The molecule has 0 aromatic heterocycles. The van der Waals surface area contributed by atoms with Gasteiger partial charge in [0.25, 0.3) is 0 Å². The van der Waals surface area contributed by atoms with Crippen molar-refractivity contribution in [3.05, 3.63) is 41.0 Å². The molecule has 2 rings (SSSR count). The van der Waals surface area contributed by atoms with Gasteiger partial charge in [-0.05, 0) is 45.1 Å². The van der Waals surface area contributed by atoms with E-state index in [1.54, 1.807) is 0 Å². The van der Waals surface area contributed by atoms with Gasteiger partial charge in [0.1, 0.15) is 0 Å². The largest absolute Gasteiger partial charge is 0.462 e. The number of carbonyl (C=O) groups excluding carboxylic acids is 1. The number of carbonyl (C=O) groups is 1. The minimum atomic E-state index is -0.164. The molecule has 0 amide bonds. The first-order valence-electron chi connectivity index (χ1n) is 7.18. The van der Waals surface area contributed by atoms with Crippen molar-refractivity contribution in [2.24, 2.45) is 0 Å². The van der Waals surface area contributed by atoms with Crippen LogP contribution >= 0.6 is 0 Å². The number of hydrogen-bond acceptors (Lipinski definition) is 2. The summed E-state index contributed by atoms with van der Waals surface area (Å²) in [6.07, 6.45) is 5.70. The molecular weight excluding hydrogens is 236 g/mol. The van der Waals surface area contributed by atoms with Gasteiger partial charge in [0, 0.05) is 0 Å². The summed E-state index contributed by atoms with van der Waals surface area (Å²) in [5.74, 6) is -0.164. The summed E-state index contributed by atoms with van der Waals surface area (Å²) >= 11 is 0. The summed E-state index contributed by atoms with van der Waals surface area (Å²) < 4.78 is 5.25. The number of benzene rings is 1. The van der Waals surface area contributed by atoms with Crippen LogP contribution in [0.5, 0.6) is 0 Å². The summed E-state index contributed by atoms with van der Waals surface area (Å²) in [6, 6.07) is 8.17. The summed E-state index contributed by atoms with van der Waals surface area (Å²) in [5, 5.41) is 0. The second-order valence-electron chi connectivity index (χ2n) is 5.13. The molecule has 0 N–H and O–H groups in total. The normalized spacial score (nSPS) is 15.2. The molecule has 19 heavy (non-hydrogen) atoms. The van der Waals surface area contributed by atoms with Gasteiger partial charge in [-0.25, -0.2) is 4.79 Å². The van der Waals surface area contributed by atoms with Gasteiger partial charge in [-0.1, -0.05) is 41.8 Å². The zero-order valence-corrected chi connectivity index (χ0v) is 11.9. The number of esters is 1. The van der Waals surface area contributed by atoms with Crippen molar-refractivity contribution in [3.8, 4) is 0 Å². The highest BCUT2D eigenvalue weighted by atomic mass is 16.5.